The summed E-state index contributed by atoms with van der Waals surface area (Å²) in [6, 6.07) is 3.07. The van der Waals surface area contributed by atoms with E-state index in [0.717, 1.165) is 12.8 Å². The summed E-state index contributed by atoms with van der Waals surface area (Å²) < 4.78 is 0. The first-order chi connectivity index (χ1) is 9.08. The first-order valence-electron chi connectivity index (χ1n) is 6.40. The lowest BCUT2D eigenvalue weighted by molar-refractivity contribution is -0.141. The van der Waals surface area contributed by atoms with Crippen molar-refractivity contribution in [1.29, 1.82) is 0 Å². The van der Waals surface area contributed by atoms with Gasteiger partial charge < -0.3 is 15.3 Å². The summed E-state index contributed by atoms with van der Waals surface area (Å²) in [6.45, 7) is 2.46. The predicted molar refractivity (Wildman–Crippen MR) is 73.4 cm³/mol. The molecule has 2 amide bonds. The van der Waals surface area contributed by atoms with Crippen molar-refractivity contribution in [3.05, 3.63) is 22.4 Å². The fourth-order valence-corrected chi connectivity index (χ4v) is 3.18. The lowest BCUT2D eigenvalue weighted by Crippen LogP contribution is -2.48. The highest BCUT2D eigenvalue weighted by molar-refractivity contribution is 7.09. The third kappa shape index (κ3) is 3.47. The summed E-state index contributed by atoms with van der Waals surface area (Å²) in [5.74, 6) is -0.918. The number of amides is 2. The average Bonchev–Trinajstić information content (AvgIpc) is 2.97. The minimum atomic E-state index is -0.918. The van der Waals surface area contributed by atoms with Gasteiger partial charge in [-0.15, -0.1) is 11.3 Å². The maximum Gasteiger partial charge on any atom is 0.326 e. The van der Waals surface area contributed by atoms with Crippen LogP contribution in [0.5, 0.6) is 0 Å². The van der Waals surface area contributed by atoms with Gasteiger partial charge in [0.2, 0.25) is 0 Å². The second-order valence-corrected chi connectivity index (χ2v) is 5.86. The van der Waals surface area contributed by atoms with Crippen molar-refractivity contribution < 1.29 is 14.7 Å². The van der Waals surface area contributed by atoms with Crippen LogP contribution in [0.15, 0.2) is 17.5 Å². The number of aliphatic carboxylic acids is 1. The van der Waals surface area contributed by atoms with Crippen molar-refractivity contribution in [2.75, 3.05) is 6.54 Å². The van der Waals surface area contributed by atoms with E-state index in [-0.39, 0.29) is 12.1 Å². The van der Waals surface area contributed by atoms with Gasteiger partial charge in [-0.1, -0.05) is 6.07 Å². The molecule has 6 heteroatoms. The van der Waals surface area contributed by atoms with Crippen LogP contribution in [-0.2, 0) is 11.2 Å². The number of nitrogens with one attached hydrogen (secondary N) is 1. The molecule has 2 atom stereocenters. The van der Waals surface area contributed by atoms with Crippen LogP contribution in [-0.4, -0.2) is 40.6 Å². The van der Waals surface area contributed by atoms with E-state index in [2.05, 4.69) is 5.32 Å². The Morgan fingerprint density at radius 1 is 1.63 bits per heavy atom. The van der Waals surface area contributed by atoms with Crippen molar-refractivity contribution in [3.8, 4) is 0 Å². The van der Waals surface area contributed by atoms with Gasteiger partial charge in [0.25, 0.3) is 0 Å². The largest absolute Gasteiger partial charge is 0.480 e. The number of carbonyl (C=O) groups is 2. The Labute approximate surface area is 116 Å². The van der Waals surface area contributed by atoms with Crippen LogP contribution < -0.4 is 5.32 Å². The molecule has 0 saturated carbocycles. The SMILES string of the molecule is CC(Cc1cccs1)NC(=O)N1CCCC1C(=O)O. The highest BCUT2D eigenvalue weighted by Crippen LogP contribution is 2.18. The summed E-state index contributed by atoms with van der Waals surface area (Å²) in [6.07, 6.45) is 2.07. The van der Waals surface area contributed by atoms with Gasteiger partial charge in [0.15, 0.2) is 0 Å². The molecule has 0 radical (unpaired) electrons. The molecule has 5 nitrogen and oxygen atoms in total. The first-order valence-corrected chi connectivity index (χ1v) is 7.28. The lowest BCUT2D eigenvalue weighted by Gasteiger charge is -2.24. The van der Waals surface area contributed by atoms with Gasteiger partial charge in [-0.2, -0.15) is 0 Å². The van der Waals surface area contributed by atoms with Crippen LogP contribution >= 0.6 is 11.3 Å². The van der Waals surface area contributed by atoms with Crippen molar-refractivity contribution in [2.45, 2.75) is 38.3 Å². The third-order valence-electron chi connectivity index (χ3n) is 3.26. The minimum Gasteiger partial charge on any atom is -0.480 e. The third-order valence-corrected chi connectivity index (χ3v) is 4.15. The second kappa shape index (κ2) is 6.06. The van der Waals surface area contributed by atoms with Crippen molar-refractivity contribution in [3.63, 3.8) is 0 Å². The molecule has 2 rings (SSSR count). The minimum absolute atomic E-state index is 0.00111. The molecule has 1 aromatic heterocycles. The molecule has 1 aliphatic rings. The topological polar surface area (TPSA) is 69.6 Å². The van der Waals surface area contributed by atoms with E-state index >= 15 is 0 Å². The Balaban J connectivity index is 1.88. The van der Waals surface area contributed by atoms with E-state index in [1.165, 1.54) is 9.78 Å². The molecule has 0 bridgehead atoms. The summed E-state index contributed by atoms with van der Waals surface area (Å²) in [7, 11) is 0. The molecule has 1 aliphatic heterocycles. The average molecular weight is 282 g/mol. The van der Waals surface area contributed by atoms with Gasteiger partial charge in [0.1, 0.15) is 6.04 Å². The number of carboxylic acids is 1. The number of carbonyl (C=O) groups excluding carboxylic acids is 1. The number of carboxylic acid groups (broad SMARTS) is 1. The van der Waals surface area contributed by atoms with E-state index in [9.17, 15) is 9.59 Å². The smallest absolute Gasteiger partial charge is 0.326 e. The van der Waals surface area contributed by atoms with Gasteiger partial charge in [0.05, 0.1) is 0 Å². The van der Waals surface area contributed by atoms with Gasteiger partial charge in [-0.3, -0.25) is 0 Å². The maximum absolute atomic E-state index is 12.1. The molecule has 0 aliphatic carbocycles. The van der Waals surface area contributed by atoms with E-state index in [4.69, 9.17) is 5.11 Å². The molecule has 2 heterocycles. The zero-order valence-corrected chi connectivity index (χ0v) is 11.7. The zero-order valence-electron chi connectivity index (χ0n) is 10.8. The summed E-state index contributed by atoms with van der Waals surface area (Å²) >= 11 is 1.66. The van der Waals surface area contributed by atoms with E-state index in [0.29, 0.717) is 13.0 Å². The normalized spacial score (nSPS) is 20.3. The number of nitrogens with zero attached hydrogens (tertiary/aromatic N) is 1. The predicted octanol–water partition coefficient (Wildman–Crippen LogP) is 1.94. The van der Waals surface area contributed by atoms with Crippen molar-refractivity contribution in [1.82, 2.24) is 10.2 Å². The Kier molecular flexibility index (Phi) is 4.42. The molecule has 2 N–H and O–H groups in total. The number of hydrogen-bond acceptors (Lipinski definition) is 3. The summed E-state index contributed by atoms with van der Waals surface area (Å²) in [4.78, 5) is 25.7. The molecule has 104 valence electrons. The molecular formula is C13H18N2O3S. The fourth-order valence-electron chi connectivity index (χ4n) is 2.34. The molecular weight excluding hydrogens is 264 g/mol. The molecule has 0 aromatic carbocycles. The van der Waals surface area contributed by atoms with E-state index in [1.807, 2.05) is 24.4 Å². The molecule has 19 heavy (non-hydrogen) atoms. The van der Waals surface area contributed by atoms with Gasteiger partial charge in [-0.05, 0) is 31.2 Å². The highest BCUT2D eigenvalue weighted by Gasteiger charge is 2.34. The summed E-state index contributed by atoms with van der Waals surface area (Å²) in [5, 5.41) is 13.9. The lowest BCUT2D eigenvalue weighted by atomic mass is 10.2. The summed E-state index contributed by atoms with van der Waals surface area (Å²) in [5.41, 5.74) is 0. The van der Waals surface area contributed by atoms with Crippen LogP contribution in [0.1, 0.15) is 24.6 Å². The standard InChI is InChI=1S/C13H18N2O3S/c1-9(8-10-4-3-7-19-10)14-13(18)15-6-2-5-11(15)12(16)17/h3-4,7,9,11H,2,5-6,8H2,1H3,(H,14,18)(H,16,17). The van der Waals surface area contributed by atoms with Gasteiger partial charge in [0, 0.05) is 23.9 Å². The highest BCUT2D eigenvalue weighted by atomic mass is 32.1. The molecule has 1 saturated heterocycles. The van der Waals surface area contributed by atoms with Crippen LogP contribution in [0, 0.1) is 0 Å². The van der Waals surface area contributed by atoms with E-state index in [1.54, 1.807) is 11.3 Å². The molecule has 2 unspecified atom stereocenters. The number of hydrogen-bond donors (Lipinski definition) is 2. The Morgan fingerprint density at radius 3 is 3.05 bits per heavy atom. The fraction of sp³-hybridized carbons (Fsp3) is 0.538. The number of thiophene rings is 1. The zero-order chi connectivity index (χ0) is 13.8. The van der Waals surface area contributed by atoms with E-state index < -0.39 is 12.0 Å². The van der Waals surface area contributed by atoms with Crippen molar-refractivity contribution in [2.24, 2.45) is 0 Å². The van der Waals surface area contributed by atoms with Crippen molar-refractivity contribution >= 4 is 23.3 Å². The Morgan fingerprint density at radius 2 is 2.42 bits per heavy atom. The monoisotopic (exact) mass is 282 g/mol. The molecule has 1 aromatic rings. The number of rotatable bonds is 4. The van der Waals surface area contributed by atoms with Gasteiger partial charge in [-0.25, -0.2) is 9.59 Å². The number of likely N-dealkylation sites (tertiary alicyclic amines) is 1. The number of urea groups is 1. The second-order valence-electron chi connectivity index (χ2n) is 4.82. The van der Waals surface area contributed by atoms with Crippen LogP contribution in [0.3, 0.4) is 0 Å². The van der Waals surface area contributed by atoms with Crippen LogP contribution in [0.4, 0.5) is 4.79 Å². The maximum atomic E-state index is 12.1. The van der Waals surface area contributed by atoms with Crippen LogP contribution in [0.25, 0.3) is 0 Å². The molecule has 1 fully saturated rings. The quantitative estimate of drug-likeness (QED) is 0.886. The first kappa shape index (κ1) is 13.9. The Hall–Kier alpha value is -1.56. The van der Waals surface area contributed by atoms with Gasteiger partial charge >= 0.3 is 12.0 Å². The van der Waals surface area contributed by atoms with Crippen LogP contribution in [0.2, 0.25) is 0 Å². The Bertz CT molecular complexity index is 447. The molecule has 0 spiro atoms.